The number of hydrogen-bond acceptors (Lipinski definition) is 3. The summed E-state index contributed by atoms with van der Waals surface area (Å²) in [7, 11) is 1.91. The highest BCUT2D eigenvalue weighted by atomic mass is 16.1. The molecule has 0 aliphatic carbocycles. The number of ketones is 1. The zero-order valence-electron chi connectivity index (χ0n) is 9.92. The lowest BCUT2D eigenvalue weighted by molar-refractivity contribution is 0.101. The third-order valence-corrected chi connectivity index (χ3v) is 2.63. The van der Waals surface area contributed by atoms with Gasteiger partial charge in [-0.1, -0.05) is 18.2 Å². The van der Waals surface area contributed by atoms with Gasteiger partial charge >= 0.3 is 0 Å². The molecule has 0 aliphatic rings. The van der Waals surface area contributed by atoms with Crippen LogP contribution >= 0.6 is 0 Å². The van der Waals surface area contributed by atoms with Crippen molar-refractivity contribution in [2.24, 2.45) is 0 Å². The minimum Gasteiger partial charge on any atom is -0.329 e. The van der Waals surface area contributed by atoms with E-state index in [0.717, 1.165) is 5.69 Å². The number of para-hydroxylation sites is 1. The van der Waals surface area contributed by atoms with Crippen LogP contribution in [0.2, 0.25) is 0 Å². The molecule has 17 heavy (non-hydrogen) atoms. The van der Waals surface area contributed by atoms with Crippen molar-refractivity contribution in [2.45, 2.75) is 6.92 Å². The first kappa shape index (κ1) is 11.3. The van der Waals surface area contributed by atoms with Gasteiger partial charge in [0.15, 0.2) is 5.78 Å². The molecular formula is C14H14N2O. The predicted octanol–water partition coefficient (Wildman–Crippen LogP) is 3.05. The largest absolute Gasteiger partial charge is 0.329 e. The Balaban J connectivity index is 2.44. The monoisotopic (exact) mass is 226 g/mol. The van der Waals surface area contributed by atoms with E-state index in [9.17, 15) is 4.79 Å². The van der Waals surface area contributed by atoms with Crippen LogP contribution in [0.1, 0.15) is 17.3 Å². The lowest BCUT2D eigenvalue weighted by atomic mass is 10.1. The van der Waals surface area contributed by atoms with Gasteiger partial charge in [0.2, 0.25) is 0 Å². The van der Waals surface area contributed by atoms with Crippen LogP contribution in [-0.4, -0.2) is 17.8 Å². The number of nitrogens with zero attached hydrogens (tertiary/aromatic N) is 2. The van der Waals surface area contributed by atoms with E-state index in [2.05, 4.69) is 4.98 Å². The van der Waals surface area contributed by atoms with E-state index in [-0.39, 0.29) is 5.78 Å². The quantitative estimate of drug-likeness (QED) is 0.754. The van der Waals surface area contributed by atoms with Gasteiger partial charge in [0.25, 0.3) is 0 Å². The van der Waals surface area contributed by atoms with Gasteiger partial charge in [-0.05, 0) is 31.2 Å². The Morgan fingerprint density at radius 1 is 1.12 bits per heavy atom. The van der Waals surface area contributed by atoms with Crippen LogP contribution in [0, 0.1) is 0 Å². The fraction of sp³-hybridized carbons (Fsp3) is 0.143. The van der Waals surface area contributed by atoms with Crippen LogP contribution in [0.3, 0.4) is 0 Å². The van der Waals surface area contributed by atoms with Crippen molar-refractivity contribution in [3.8, 4) is 0 Å². The maximum atomic E-state index is 11.5. The molecule has 0 amide bonds. The smallest absolute Gasteiger partial charge is 0.163 e. The van der Waals surface area contributed by atoms with Crippen LogP contribution in [0.15, 0.2) is 48.7 Å². The minimum absolute atomic E-state index is 0.0240. The summed E-state index contributed by atoms with van der Waals surface area (Å²) in [5, 5.41) is 0. The number of Topliss-reactive ketones (excluding diaryl/α,β-unsaturated/α-hetero) is 1. The standard InChI is InChI=1S/C14H14N2O/c1-11(17)13-9-6-10-15-14(13)16(2)12-7-4-3-5-8-12/h3-10H,1-2H3. The van der Waals surface area contributed by atoms with Gasteiger partial charge < -0.3 is 4.90 Å². The molecule has 0 radical (unpaired) electrons. The molecule has 0 atom stereocenters. The maximum Gasteiger partial charge on any atom is 0.163 e. The Bertz CT molecular complexity index is 523. The van der Waals surface area contributed by atoms with E-state index in [1.807, 2.05) is 42.3 Å². The van der Waals surface area contributed by atoms with E-state index in [4.69, 9.17) is 0 Å². The second-order valence-corrected chi connectivity index (χ2v) is 3.83. The number of carbonyl (C=O) groups is 1. The molecule has 2 rings (SSSR count). The van der Waals surface area contributed by atoms with E-state index < -0.39 is 0 Å². The van der Waals surface area contributed by atoms with Crippen molar-refractivity contribution in [2.75, 3.05) is 11.9 Å². The molecular weight excluding hydrogens is 212 g/mol. The van der Waals surface area contributed by atoms with Crippen LogP contribution in [0.25, 0.3) is 0 Å². The van der Waals surface area contributed by atoms with Crippen molar-refractivity contribution < 1.29 is 4.79 Å². The molecule has 0 unspecified atom stereocenters. The Labute approximate surface area is 101 Å². The molecule has 0 fully saturated rings. The second kappa shape index (κ2) is 4.78. The van der Waals surface area contributed by atoms with Crippen molar-refractivity contribution in [3.05, 3.63) is 54.2 Å². The number of pyridine rings is 1. The van der Waals surface area contributed by atoms with Gasteiger partial charge in [0.1, 0.15) is 5.82 Å². The van der Waals surface area contributed by atoms with Gasteiger partial charge in [0, 0.05) is 18.9 Å². The normalized spacial score (nSPS) is 10.0. The Hall–Kier alpha value is -2.16. The minimum atomic E-state index is 0.0240. The van der Waals surface area contributed by atoms with Gasteiger partial charge in [0.05, 0.1) is 5.56 Å². The predicted molar refractivity (Wildman–Crippen MR) is 68.7 cm³/mol. The van der Waals surface area contributed by atoms with Crippen molar-refractivity contribution >= 4 is 17.3 Å². The average molecular weight is 226 g/mol. The van der Waals surface area contributed by atoms with Gasteiger partial charge in [-0.15, -0.1) is 0 Å². The summed E-state index contributed by atoms with van der Waals surface area (Å²) in [5.41, 5.74) is 1.65. The number of anilines is 2. The SMILES string of the molecule is CC(=O)c1cccnc1N(C)c1ccccc1. The zero-order valence-corrected chi connectivity index (χ0v) is 9.92. The third-order valence-electron chi connectivity index (χ3n) is 2.63. The van der Waals surface area contributed by atoms with Crippen LogP contribution < -0.4 is 4.90 Å². The van der Waals surface area contributed by atoms with Gasteiger partial charge in [-0.25, -0.2) is 4.98 Å². The number of carbonyl (C=O) groups excluding carboxylic acids is 1. The van der Waals surface area contributed by atoms with E-state index in [0.29, 0.717) is 11.4 Å². The summed E-state index contributed by atoms with van der Waals surface area (Å²) in [6, 6.07) is 13.4. The number of rotatable bonds is 3. The number of hydrogen-bond donors (Lipinski definition) is 0. The lowest BCUT2D eigenvalue weighted by Crippen LogP contribution is -2.14. The Kier molecular flexibility index (Phi) is 3.19. The summed E-state index contributed by atoms with van der Waals surface area (Å²) < 4.78 is 0. The first-order chi connectivity index (χ1) is 8.20. The molecule has 1 aromatic carbocycles. The lowest BCUT2D eigenvalue weighted by Gasteiger charge is -2.20. The number of aromatic nitrogens is 1. The summed E-state index contributed by atoms with van der Waals surface area (Å²) in [6.07, 6.45) is 1.70. The summed E-state index contributed by atoms with van der Waals surface area (Å²) >= 11 is 0. The summed E-state index contributed by atoms with van der Waals surface area (Å²) in [6.45, 7) is 1.55. The highest BCUT2D eigenvalue weighted by Gasteiger charge is 2.12. The molecule has 2 aromatic rings. The highest BCUT2D eigenvalue weighted by molar-refractivity contribution is 5.99. The molecule has 86 valence electrons. The molecule has 0 aliphatic heterocycles. The molecule has 0 saturated heterocycles. The summed E-state index contributed by atoms with van der Waals surface area (Å²) in [4.78, 5) is 17.7. The van der Waals surface area contributed by atoms with Crippen molar-refractivity contribution in [3.63, 3.8) is 0 Å². The fourth-order valence-corrected chi connectivity index (χ4v) is 1.71. The molecule has 0 N–H and O–H groups in total. The maximum absolute atomic E-state index is 11.5. The molecule has 3 nitrogen and oxygen atoms in total. The molecule has 0 bridgehead atoms. The molecule has 1 aromatic heterocycles. The van der Waals surface area contributed by atoms with Crippen molar-refractivity contribution in [1.82, 2.24) is 4.98 Å². The summed E-state index contributed by atoms with van der Waals surface area (Å²) in [5.74, 6) is 0.710. The molecule has 3 heteroatoms. The van der Waals surface area contributed by atoms with Gasteiger partial charge in [-0.3, -0.25) is 4.79 Å². The number of benzene rings is 1. The van der Waals surface area contributed by atoms with Crippen molar-refractivity contribution in [1.29, 1.82) is 0 Å². The Morgan fingerprint density at radius 2 is 1.82 bits per heavy atom. The van der Waals surface area contributed by atoms with E-state index in [1.54, 1.807) is 25.3 Å². The van der Waals surface area contributed by atoms with E-state index in [1.165, 1.54) is 0 Å². The van der Waals surface area contributed by atoms with E-state index >= 15 is 0 Å². The third kappa shape index (κ3) is 2.33. The molecule has 1 heterocycles. The second-order valence-electron chi connectivity index (χ2n) is 3.83. The first-order valence-corrected chi connectivity index (χ1v) is 5.45. The topological polar surface area (TPSA) is 33.2 Å². The molecule has 0 spiro atoms. The van der Waals surface area contributed by atoms with Crippen LogP contribution in [0.5, 0.6) is 0 Å². The van der Waals surface area contributed by atoms with Crippen LogP contribution in [0.4, 0.5) is 11.5 Å². The molecule has 0 saturated carbocycles. The highest BCUT2D eigenvalue weighted by Crippen LogP contribution is 2.24. The first-order valence-electron chi connectivity index (χ1n) is 5.45. The van der Waals surface area contributed by atoms with Crippen LogP contribution in [-0.2, 0) is 0 Å². The zero-order chi connectivity index (χ0) is 12.3. The van der Waals surface area contributed by atoms with Gasteiger partial charge in [-0.2, -0.15) is 0 Å². The average Bonchev–Trinajstić information content (AvgIpc) is 2.39. The fourth-order valence-electron chi connectivity index (χ4n) is 1.71. The Morgan fingerprint density at radius 3 is 2.47 bits per heavy atom.